The van der Waals surface area contributed by atoms with Crippen LogP contribution in [0.3, 0.4) is 0 Å². The van der Waals surface area contributed by atoms with Crippen molar-refractivity contribution in [1.29, 1.82) is 0 Å². The standard InChI is InChI=1S/C18H17N3O/c1-21-11-5-9-16(21)12-18(22)20-19-13-15-8-4-7-14-6-2-3-10-17(14)15/h2-11,13H,12H2,1H3,(H,20,22)/b19-13-. The van der Waals surface area contributed by atoms with Crippen LogP contribution in [0.5, 0.6) is 0 Å². The Hall–Kier alpha value is -2.88. The summed E-state index contributed by atoms with van der Waals surface area (Å²) in [6.07, 6.45) is 3.92. The Morgan fingerprint density at radius 3 is 2.77 bits per heavy atom. The van der Waals surface area contributed by atoms with Gasteiger partial charge in [0.1, 0.15) is 0 Å². The highest BCUT2D eigenvalue weighted by Crippen LogP contribution is 2.16. The lowest BCUT2D eigenvalue weighted by atomic mass is 10.1. The second kappa shape index (κ2) is 6.26. The first kappa shape index (κ1) is 14.1. The number of hydrazone groups is 1. The van der Waals surface area contributed by atoms with Crippen LogP contribution in [0.25, 0.3) is 10.8 Å². The van der Waals surface area contributed by atoms with Crippen molar-refractivity contribution in [3.63, 3.8) is 0 Å². The molecule has 0 aliphatic heterocycles. The van der Waals surface area contributed by atoms with E-state index in [0.717, 1.165) is 22.0 Å². The number of benzene rings is 2. The number of aryl methyl sites for hydroxylation is 1. The molecule has 1 amide bonds. The monoisotopic (exact) mass is 291 g/mol. The van der Waals surface area contributed by atoms with Gasteiger partial charge in [0.05, 0.1) is 12.6 Å². The maximum absolute atomic E-state index is 11.9. The number of nitrogens with one attached hydrogen (secondary N) is 1. The molecule has 0 saturated heterocycles. The molecule has 4 nitrogen and oxygen atoms in total. The van der Waals surface area contributed by atoms with Gasteiger partial charge in [0.2, 0.25) is 5.91 Å². The largest absolute Gasteiger partial charge is 0.354 e. The molecule has 0 spiro atoms. The summed E-state index contributed by atoms with van der Waals surface area (Å²) in [5.41, 5.74) is 4.52. The SMILES string of the molecule is Cn1cccc1CC(=O)N/N=C\c1cccc2ccccc12. The second-order valence-corrected chi connectivity index (χ2v) is 5.15. The molecule has 0 bridgehead atoms. The zero-order valence-electron chi connectivity index (χ0n) is 12.4. The minimum Gasteiger partial charge on any atom is -0.354 e. The Morgan fingerprint density at radius 2 is 1.95 bits per heavy atom. The topological polar surface area (TPSA) is 46.4 Å². The van der Waals surface area contributed by atoms with E-state index in [4.69, 9.17) is 0 Å². The maximum Gasteiger partial charge on any atom is 0.245 e. The number of aromatic nitrogens is 1. The zero-order chi connectivity index (χ0) is 15.4. The highest BCUT2D eigenvalue weighted by molar-refractivity contribution is 5.99. The Kier molecular flexibility index (Phi) is 4.01. The lowest BCUT2D eigenvalue weighted by Gasteiger charge is -2.03. The normalized spacial score (nSPS) is 11.1. The number of carbonyl (C=O) groups excluding carboxylic acids is 1. The van der Waals surface area contributed by atoms with E-state index >= 15 is 0 Å². The average Bonchev–Trinajstić information content (AvgIpc) is 2.93. The molecule has 2 aromatic carbocycles. The van der Waals surface area contributed by atoms with Crippen molar-refractivity contribution in [3.8, 4) is 0 Å². The second-order valence-electron chi connectivity index (χ2n) is 5.15. The van der Waals surface area contributed by atoms with Crippen LogP contribution in [0.4, 0.5) is 0 Å². The first-order valence-electron chi connectivity index (χ1n) is 7.14. The average molecular weight is 291 g/mol. The number of hydrogen-bond donors (Lipinski definition) is 1. The third-order valence-electron chi connectivity index (χ3n) is 3.61. The first-order valence-corrected chi connectivity index (χ1v) is 7.14. The van der Waals surface area contributed by atoms with Crippen molar-refractivity contribution in [2.75, 3.05) is 0 Å². The van der Waals surface area contributed by atoms with Crippen LogP contribution >= 0.6 is 0 Å². The molecule has 0 aliphatic carbocycles. The third kappa shape index (κ3) is 3.06. The lowest BCUT2D eigenvalue weighted by Crippen LogP contribution is -2.20. The van der Waals surface area contributed by atoms with Crippen molar-refractivity contribution < 1.29 is 4.79 Å². The van der Waals surface area contributed by atoms with Gasteiger partial charge < -0.3 is 4.57 Å². The fourth-order valence-electron chi connectivity index (χ4n) is 2.42. The van der Waals surface area contributed by atoms with Crippen molar-refractivity contribution in [1.82, 2.24) is 9.99 Å². The number of amides is 1. The summed E-state index contributed by atoms with van der Waals surface area (Å²) < 4.78 is 1.92. The number of rotatable bonds is 4. The van der Waals surface area contributed by atoms with E-state index in [0.29, 0.717) is 6.42 Å². The van der Waals surface area contributed by atoms with Crippen LogP contribution < -0.4 is 5.43 Å². The summed E-state index contributed by atoms with van der Waals surface area (Å²) >= 11 is 0. The zero-order valence-corrected chi connectivity index (χ0v) is 12.4. The van der Waals surface area contributed by atoms with Gasteiger partial charge in [-0.2, -0.15) is 5.10 Å². The number of carbonyl (C=O) groups is 1. The number of hydrogen-bond acceptors (Lipinski definition) is 2. The fourth-order valence-corrected chi connectivity index (χ4v) is 2.42. The van der Waals surface area contributed by atoms with E-state index < -0.39 is 0 Å². The van der Waals surface area contributed by atoms with E-state index in [1.165, 1.54) is 0 Å². The van der Waals surface area contributed by atoms with E-state index in [-0.39, 0.29) is 5.91 Å². The highest BCUT2D eigenvalue weighted by atomic mass is 16.2. The first-order chi connectivity index (χ1) is 10.7. The smallest absolute Gasteiger partial charge is 0.245 e. The molecule has 1 heterocycles. The van der Waals surface area contributed by atoms with Crippen LogP contribution in [0.15, 0.2) is 65.9 Å². The van der Waals surface area contributed by atoms with Gasteiger partial charge in [-0.1, -0.05) is 42.5 Å². The molecule has 1 N–H and O–H groups in total. The summed E-state index contributed by atoms with van der Waals surface area (Å²) in [6, 6.07) is 18.0. The molecule has 4 heteroatoms. The van der Waals surface area contributed by atoms with E-state index in [1.807, 2.05) is 60.3 Å². The number of fused-ring (bicyclic) bond motifs is 1. The van der Waals surface area contributed by atoms with Gasteiger partial charge in [0.15, 0.2) is 0 Å². The predicted molar refractivity (Wildman–Crippen MR) is 88.8 cm³/mol. The van der Waals surface area contributed by atoms with Gasteiger partial charge in [-0.05, 0) is 22.9 Å². The van der Waals surface area contributed by atoms with Gasteiger partial charge in [-0.25, -0.2) is 5.43 Å². The van der Waals surface area contributed by atoms with Gasteiger partial charge in [0, 0.05) is 24.5 Å². The van der Waals surface area contributed by atoms with Gasteiger partial charge in [-0.3, -0.25) is 4.79 Å². The molecule has 0 fully saturated rings. The van der Waals surface area contributed by atoms with E-state index in [9.17, 15) is 4.79 Å². The summed E-state index contributed by atoms with van der Waals surface area (Å²) in [4.78, 5) is 11.9. The molecule has 110 valence electrons. The molecule has 22 heavy (non-hydrogen) atoms. The van der Waals surface area contributed by atoms with Crippen molar-refractivity contribution in [2.24, 2.45) is 12.1 Å². The molecule has 3 rings (SSSR count). The molecule has 0 radical (unpaired) electrons. The molecule has 0 unspecified atom stereocenters. The number of nitrogens with zero attached hydrogens (tertiary/aromatic N) is 2. The highest BCUT2D eigenvalue weighted by Gasteiger charge is 2.04. The lowest BCUT2D eigenvalue weighted by molar-refractivity contribution is -0.120. The minimum absolute atomic E-state index is 0.127. The Labute approximate surface area is 129 Å². The quantitative estimate of drug-likeness (QED) is 0.583. The van der Waals surface area contributed by atoms with Gasteiger partial charge >= 0.3 is 0 Å². The molecular formula is C18H17N3O. The molecular weight excluding hydrogens is 274 g/mol. The Balaban J connectivity index is 1.69. The molecule has 3 aromatic rings. The molecule has 0 saturated carbocycles. The Bertz CT molecular complexity index is 828. The van der Waals surface area contributed by atoms with Crippen LogP contribution in [-0.2, 0) is 18.3 Å². The van der Waals surface area contributed by atoms with Crippen LogP contribution in [0.2, 0.25) is 0 Å². The Morgan fingerprint density at radius 1 is 1.14 bits per heavy atom. The van der Waals surface area contributed by atoms with Gasteiger partial charge in [0.25, 0.3) is 0 Å². The van der Waals surface area contributed by atoms with Gasteiger partial charge in [-0.15, -0.1) is 0 Å². The van der Waals surface area contributed by atoms with E-state index in [2.05, 4.69) is 22.7 Å². The molecule has 0 atom stereocenters. The molecule has 1 aromatic heterocycles. The van der Waals surface area contributed by atoms with Crippen LogP contribution in [-0.4, -0.2) is 16.7 Å². The predicted octanol–water partition coefficient (Wildman–Crippen LogP) is 2.87. The maximum atomic E-state index is 11.9. The van der Waals surface area contributed by atoms with E-state index in [1.54, 1.807) is 6.21 Å². The fraction of sp³-hybridized carbons (Fsp3) is 0.111. The van der Waals surface area contributed by atoms with Crippen molar-refractivity contribution in [3.05, 3.63) is 72.1 Å². The molecule has 0 aliphatic rings. The summed E-state index contributed by atoms with van der Waals surface area (Å²) in [6.45, 7) is 0. The summed E-state index contributed by atoms with van der Waals surface area (Å²) in [5, 5.41) is 6.34. The van der Waals surface area contributed by atoms with Crippen molar-refractivity contribution in [2.45, 2.75) is 6.42 Å². The van der Waals surface area contributed by atoms with Crippen molar-refractivity contribution >= 4 is 22.9 Å². The summed E-state index contributed by atoms with van der Waals surface area (Å²) in [7, 11) is 1.92. The minimum atomic E-state index is -0.127. The van der Waals surface area contributed by atoms with Crippen LogP contribution in [0.1, 0.15) is 11.3 Å². The summed E-state index contributed by atoms with van der Waals surface area (Å²) in [5.74, 6) is -0.127. The third-order valence-corrected chi connectivity index (χ3v) is 3.61. The van der Waals surface area contributed by atoms with Crippen LogP contribution in [0, 0.1) is 0 Å².